The maximum atomic E-state index is 5.36. The number of benzene rings is 3. The molecule has 3 aromatic carbocycles. The minimum Gasteiger partial charge on any atom is -0.497 e. The van der Waals surface area contributed by atoms with E-state index in [0.29, 0.717) is 0 Å². The molecule has 0 saturated carbocycles. The Hall–Kier alpha value is -2.52. The van der Waals surface area contributed by atoms with E-state index in [1.54, 1.807) is 18.9 Å². The van der Waals surface area contributed by atoms with Crippen LogP contribution in [0.5, 0.6) is 5.75 Å². The lowest BCUT2D eigenvalue weighted by atomic mass is 10.0. The highest BCUT2D eigenvalue weighted by molar-refractivity contribution is 7.99. The Bertz CT molecular complexity index is 887. The summed E-state index contributed by atoms with van der Waals surface area (Å²) in [4.78, 5) is 7.34. The van der Waals surface area contributed by atoms with Crippen LogP contribution in [0.15, 0.2) is 87.6 Å². The number of hydrogen-bond acceptors (Lipinski definition) is 3. The monoisotopic (exact) mass is 317 g/mol. The molecule has 0 fully saturated rings. The molecule has 23 heavy (non-hydrogen) atoms. The van der Waals surface area contributed by atoms with Gasteiger partial charge in [0.15, 0.2) is 0 Å². The molecule has 0 aliphatic carbocycles. The Morgan fingerprint density at radius 1 is 0.826 bits per heavy atom. The Labute approximate surface area is 139 Å². The quantitative estimate of drug-likeness (QED) is 0.498. The molecular formula is C20H15NOS. The van der Waals surface area contributed by atoms with Gasteiger partial charge in [-0.3, -0.25) is 0 Å². The van der Waals surface area contributed by atoms with E-state index in [4.69, 9.17) is 9.73 Å². The molecule has 2 nitrogen and oxygen atoms in total. The van der Waals surface area contributed by atoms with Crippen LogP contribution in [0.3, 0.4) is 0 Å². The SMILES string of the molecule is COc1ccc2c(c1)N=C(c1ccccc1)c1ccccc1S2. The number of methoxy groups -OCH3 is 1. The molecule has 3 aromatic rings. The topological polar surface area (TPSA) is 21.6 Å². The van der Waals surface area contributed by atoms with E-state index < -0.39 is 0 Å². The Morgan fingerprint density at radius 2 is 1.61 bits per heavy atom. The molecule has 0 atom stereocenters. The predicted octanol–water partition coefficient (Wildman–Crippen LogP) is 5.33. The lowest BCUT2D eigenvalue weighted by Gasteiger charge is -2.08. The predicted molar refractivity (Wildman–Crippen MR) is 95.3 cm³/mol. The number of ether oxygens (including phenoxy) is 1. The minimum absolute atomic E-state index is 0.825. The number of rotatable bonds is 2. The van der Waals surface area contributed by atoms with Crippen molar-refractivity contribution in [3.8, 4) is 5.75 Å². The Balaban J connectivity index is 1.98. The molecule has 0 saturated heterocycles. The third-order valence-corrected chi connectivity index (χ3v) is 4.95. The molecule has 0 unspecified atom stereocenters. The van der Waals surface area contributed by atoms with Crippen LogP contribution in [-0.2, 0) is 0 Å². The standard InChI is InChI=1S/C20H15NOS/c1-22-15-11-12-19-17(13-15)21-20(14-7-3-2-4-8-14)16-9-5-6-10-18(16)23-19/h2-13H,1H3. The molecule has 3 heteroatoms. The highest BCUT2D eigenvalue weighted by Crippen LogP contribution is 2.42. The summed E-state index contributed by atoms with van der Waals surface area (Å²) in [5.74, 6) is 0.825. The summed E-state index contributed by atoms with van der Waals surface area (Å²) in [7, 11) is 1.68. The van der Waals surface area contributed by atoms with Gasteiger partial charge in [0.05, 0.1) is 18.5 Å². The molecule has 1 aliphatic rings. The van der Waals surface area contributed by atoms with Crippen LogP contribution in [0.4, 0.5) is 5.69 Å². The lowest BCUT2D eigenvalue weighted by Crippen LogP contribution is -2.03. The van der Waals surface area contributed by atoms with Crippen molar-refractivity contribution in [2.45, 2.75) is 9.79 Å². The van der Waals surface area contributed by atoms with Gasteiger partial charge in [-0.1, -0.05) is 60.3 Å². The minimum atomic E-state index is 0.825. The number of fused-ring (bicyclic) bond motifs is 2. The maximum absolute atomic E-state index is 5.36. The summed E-state index contributed by atoms with van der Waals surface area (Å²) in [6, 6.07) is 24.8. The Kier molecular flexibility index (Phi) is 3.64. The van der Waals surface area contributed by atoms with E-state index in [1.165, 1.54) is 10.5 Å². The van der Waals surface area contributed by atoms with E-state index in [2.05, 4.69) is 42.5 Å². The van der Waals surface area contributed by atoms with Crippen molar-refractivity contribution in [3.05, 3.63) is 83.9 Å². The lowest BCUT2D eigenvalue weighted by molar-refractivity contribution is 0.414. The average molecular weight is 317 g/mol. The van der Waals surface area contributed by atoms with Crippen molar-refractivity contribution in [2.24, 2.45) is 4.99 Å². The van der Waals surface area contributed by atoms with Gasteiger partial charge in [-0.25, -0.2) is 4.99 Å². The summed E-state index contributed by atoms with van der Waals surface area (Å²) in [6.45, 7) is 0. The van der Waals surface area contributed by atoms with E-state index in [0.717, 1.165) is 27.6 Å². The summed E-state index contributed by atoms with van der Waals surface area (Å²) in [6.07, 6.45) is 0. The molecular weight excluding hydrogens is 302 g/mol. The van der Waals surface area contributed by atoms with Crippen LogP contribution < -0.4 is 4.74 Å². The van der Waals surface area contributed by atoms with Crippen LogP contribution in [0.1, 0.15) is 11.1 Å². The number of aliphatic imine (C=N–C) groups is 1. The van der Waals surface area contributed by atoms with Crippen molar-refractivity contribution in [2.75, 3.05) is 7.11 Å². The normalized spacial score (nSPS) is 12.7. The van der Waals surface area contributed by atoms with E-state index >= 15 is 0 Å². The molecule has 112 valence electrons. The highest BCUT2D eigenvalue weighted by atomic mass is 32.2. The zero-order valence-electron chi connectivity index (χ0n) is 12.7. The fourth-order valence-electron chi connectivity index (χ4n) is 2.66. The molecule has 0 N–H and O–H groups in total. The van der Waals surface area contributed by atoms with Crippen LogP contribution >= 0.6 is 11.8 Å². The molecule has 0 aromatic heterocycles. The van der Waals surface area contributed by atoms with E-state index in [9.17, 15) is 0 Å². The first-order valence-electron chi connectivity index (χ1n) is 7.44. The fraction of sp³-hybridized carbons (Fsp3) is 0.0500. The van der Waals surface area contributed by atoms with Crippen molar-refractivity contribution in [1.82, 2.24) is 0 Å². The van der Waals surface area contributed by atoms with Crippen LogP contribution in [0.2, 0.25) is 0 Å². The summed E-state index contributed by atoms with van der Waals surface area (Å²) in [5, 5.41) is 0. The molecule has 0 radical (unpaired) electrons. The largest absolute Gasteiger partial charge is 0.497 e. The Morgan fingerprint density at radius 3 is 2.43 bits per heavy atom. The van der Waals surface area contributed by atoms with Gasteiger partial charge >= 0.3 is 0 Å². The maximum Gasteiger partial charge on any atom is 0.121 e. The average Bonchev–Trinajstić information content (AvgIpc) is 2.78. The van der Waals surface area contributed by atoms with Crippen molar-refractivity contribution >= 4 is 23.2 Å². The zero-order chi connectivity index (χ0) is 15.6. The number of nitrogens with zero attached hydrogens (tertiary/aromatic N) is 1. The van der Waals surface area contributed by atoms with Gasteiger partial charge in [0, 0.05) is 27.0 Å². The van der Waals surface area contributed by atoms with Crippen LogP contribution in [0.25, 0.3) is 0 Å². The van der Waals surface area contributed by atoms with E-state index in [1.807, 2.05) is 30.3 Å². The highest BCUT2D eigenvalue weighted by Gasteiger charge is 2.18. The molecule has 4 rings (SSSR count). The molecule has 1 aliphatic heterocycles. The first-order valence-corrected chi connectivity index (χ1v) is 8.26. The van der Waals surface area contributed by atoms with Gasteiger partial charge in [-0.15, -0.1) is 0 Å². The second-order valence-electron chi connectivity index (χ2n) is 5.26. The molecule has 0 amide bonds. The molecule has 0 bridgehead atoms. The second kappa shape index (κ2) is 5.94. The molecule has 1 heterocycles. The third-order valence-electron chi connectivity index (χ3n) is 3.81. The first kappa shape index (κ1) is 14.1. The smallest absolute Gasteiger partial charge is 0.121 e. The third kappa shape index (κ3) is 2.64. The summed E-state index contributed by atoms with van der Waals surface area (Å²) >= 11 is 1.75. The summed E-state index contributed by atoms with van der Waals surface area (Å²) < 4.78 is 5.36. The fourth-order valence-corrected chi connectivity index (χ4v) is 3.67. The number of hydrogen-bond donors (Lipinski definition) is 0. The van der Waals surface area contributed by atoms with Gasteiger partial charge in [0.1, 0.15) is 5.75 Å². The van der Waals surface area contributed by atoms with Crippen LogP contribution in [-0.4, -0.2) is 12.8 Å². The van der Waals surface area contributed by atoms with Gasteiger partial charge in [0.2, 0.25) is 0 Å². The van der Waals surface area contributed by atoms with Gasteiger partial charge in [0.25, 0.3) is 0 Å². The van der Waals surface area contributed by atoms with Gasteiger partial charge in [-0.05, 0) is 18.2 Å². The van der Waals surface area contributed by atoms with Gasteiger partial charge < -0.3 is 4.74 Å². The molecule has 0 spiro atoms. The first-order chi connectivity index (χ1) is 11.3. The van der Waals surface area contributed by atoms with Crippen molar-refractivity contribution < 1.29 is 4.74 Å². The summed E-state index contributed by atoms with van der Waals surface area (Å²) in [5.41, 5.74) is 4.24. The van der Waals surface area contributed by atoms with Gasteiger partial charge in [-0.2, -0.15) is 0 Å². The van der Waals surface area contributed by atoms with E-state index in [-0.39, 0.29) is 0 Å². The van der Waals surface area contributed by atoms with Crippen molar-refractivity contribution in [1.29, 1.82) is 0 Å². The second-order valence-corrected chi connectivity index (χ2v) is 6.34. The zero-order valence-corrected chi connectivity index (χ0v) is 13.5. The van der Waals surface area contributed by atoms with Crippen molar-refractivity contribution in [3.63, 3.8) is 0 Å². The van der Waals surface area contributed by atoms with Crippen LogP contribution in [0, 0.1) is 0 Å².